The Morgan fingerprint density at radius 2 is 1.90 bits per heavy atom. The standard InChI is InChI=1S/C21H14ClFN2O4/c1-28-16-10-17-24-19(12-5-3-4-6-14(12)23)13-9-11(22)7-8-15(13)25(17)20(26)18(16)21(27)29-2/h3-10H,1-2H3. The van der Waals surface area contributed by atoms with Gasteiger partial charge in [-0.3, -0.25) is 9.20 Å². The monoisotopic (exact) mass is 412 g/mol. The second-order valence-electron chi connectivity index (χ2n) is 6.18. The van der Waals surface area contributed by atoms with E-state index in [2.05, 4.69) is 4.98 Å². The Kier molecular flexibility index (Phi) is 4.68. The second-order valence-corrected chi connectivity index (χ2v) is 6.62. The topological polar surface area (TPSA) is 69.9 Å². The summed E-state index contributed by atoms with van der Waals surface area (Å²) in [5.41, 5.74) is 0.247. The molecule has 0 amide bonds. The quantitative estimate of drug-likeness (QED) is 0.374. The number of nitrogens with zero attached hydrogens (tertiary/aromatic N) is 2. The van der Waals surface area contributed by atoms with E-state index in [1.54, 1.807) is 36.4 Å². The van der Waals surface area contributed by atoms with E-state index in [1.807, 2.05) is 0 Å². The molecule has 0 saturated heterocycles. The van der Waals surface area contributed by atoms with Gasteiger partial charge in [0.05, 0.1) is 25.4 Å². The van der Waals surface area contributed by atoms with Crippen LogP contribution >= 0.6 is 11.6 Å². The van der Waals surface area contributed by atoms with Gasteiger partial charge in [-0.2, -0.15) is 0 Å². The molecule has 4 rings (SSSR count). The maximum atomic E-state index is 14.5. The zero-order chi connectivity index (χ0) is 20.7. The molecule has 0 aliphatic heterocycles. The third-order valence-electron chi connectivity index (χ3n) is 4.57. The summed E-state index contributed by atoms with van der Waals surface area (Å²) < 4.78 is 25.7. The highest BCUT2D eigenvalue weighted by atomic mass is 35.5. The van der Waals surface area contributed by atoms with Crippen LogP contribution < -0.4 is 10.3 Å². The highest BCUT2D eigenvalue weighted by Crippen LogP contribution is 2.32. The molecule has 0 aliphatic carbocycles. The summed E-state index contributed by atoms with van der Waals surface area (Å²) in [6.07, 6.45) is 0. The van der Waals surface area contributed by atoms with E-state index in [0.717, 1.165) is 0 Å². The number of aromatic nitrogens is 2. The first-order valence-corrected chi connectivity index (χ1v) is 8.90. The lowest BCUT2D eigenvalue weighted by molar-refractivity contribution is 0.0595. The first-order chi connectivity index (χ1) is 14.0. The van der Waals surface area contributed by atoms with Crippen molar-refractivity contribution in [2.24, 2.45) is 0 Å². The van der Waals surface area contributed by atoms with Crippen LogP contribution in [0, 0.1) is 5.82 Å². The number of esters is 1. The number of hydrogen-bond acceptors (Lipinski definition) is 5. The number of carbonyl (C=O) groups excluding carboxylic acids is 1. The Bertz CT molecular complexity index is 1350. The summed E-state index contributed by atoms with van der Waals surface area (Å²) >= 11 is 6.16. The molecule has 0 fully saturated rings. The zero-order valence-corrected chi connectivity index (χ0v) is 16.2. The summed E-state index contributed by atoms with van der Waals surface area (Å²) in [5, 5.41) is 0.851. The lowest BCUT2D eigenvalue weighted by Crippen LogP contribution is -2.25. The first-order valence-electron chi connectivity index (χ1n) is 8.52. The zero-order valence-electron chi connectivity index (χ0n) is 15.4. The van der Waals surface area contributed by atoms with Gasteiger partial charge in [-0.05, 0) is 30.3 Å². The third-order valence-corrected chi connectivity index (χ3v) is 4.81. The molecule has 29 heavy (non-hydrogen) atoms. The predicted molar refractivity (Wildman–Crippen MR) is 107 cm³/mol. The molecule has 2 aromatic heterocycles. The van der Waals surface area contributed by atoms with Crippen molar-refractivity contribution in [3.63, 3.8) is 0 Å². The van der Waals surface area contributed by atoms with Gasteiger partial charge in [0.15, 0.2) is 5.56 Å². The van der Waals surface area contributed by atoms with Crippen LogP contribution in [0.15, 0.2) is 53.3 Å². The fourth-order valence-corrected chi connectivity index (χ4v) is 3.44. The number of hydrogen-bond donors (Lipinski definition) is 0. The SMILES string of the molecule is COC(=O)c1c(OC)cc2nc(-c3ccccc3F)c3cc(Cl)ccc3n2c1=O. The number of methoxy groups -OCH3 is 2. The number of pyridine rings is 1. The molecule has 0 bridgehead atoms. The molecule has 8 heteroatoms. The average Bonchev–Trinajstić information content (AvgIpc) is 2.72. The van der Waals surface area contributed by atoms with Crippen molar-refractivity contribution in [1.29, 1.82) is 0 Å². The van der Waals surface area contributed by atoms with Gasteiger partial charge >= 0.3 is 5.97 Å². The number of benzene rings is 2. The van der Waals surface area contributed by atoms with Gasteiger partial charge in [-0.15, -0.1) is 0 Å². The molecule has 4 aromatic rings. The van der Waals surface area contributed by atoms with Gasteiger partial charge < -0.3 is 9.47 Å². The maximum Gasteiger partial charge on any atom is 0.347 e. The highest BCUT2D eigenvalue weighted by Gasteiger charge is 2.23. The largest absolute Gasteiger partial charge is 0.495 e. The number of fused-ring (bicyclic) bond motifs is 3. The molecule has 0 unspecified atom stereocenters. The minimum absolute atomic E-state index is 0.0159. The van der Waals surface area contributed by atoms with E-state index in [9.17, 15) is 14.0 Å². The van der Waals surface area contributed by atoms with Crippen molar-refractivity contribution in [2.75, 3.05) is 14.2 Å². The molecule has 2 aromatic carbocycles. The van der Waals surface area contributed by atoms with Crippen LogP contribution in [-0.4, -0.2) is 29.6 Å². The molecule has 0 radical (unpaired) electrons. The molecule has 0 N–H and O–H groups in total. The predicted octanol–water partition coefficient (Wildman–Crippen LogP) is 4.10. The van der Waals surface area contributed by atoms with Crippen molar-refractivity contribution in [2.45, 2.75) is 0 Å². The molecular formula is C21H14ClFN2O4. The van der Waals surface area contributed by atoms with Crippen LogP contribution in [-0.2, 0) is 4.74 Å². The van der Waals surface area contributed by atoms with Crippen molar-refractivity contribution < 1.29 is 18.7 Å². The van der Waals surface area contributed by atoms with Gasteiger partial charge in [-0.25, -0.2) is 14.2 Å². The Balaban J connectivity index is 2.23. The summed E-state index contributed by atoms with van der Waals surface area (Å²) in [5.74, 6) is -1.28. The van der Waals surface area contributed by atoms with Crippen molar-refractivity contribution in [3.8, 4) is 17.0 Å². The Hall–Kier alpha value is -3.45. The van der Waals surface area contributed by atoms with Gasteiger partial charge in [0.1, 0.15) is 17.2 Å². The Morgan fingerprint density at radius 3 is 2.59 bits per heavy atom. The van der Waals surface area contributed by atoms with E-state index in [-0.39, 0.29) is 22.5 Å². The number of halogens is 2. The van der Waals surface area contributed by atoms with E-state index in [0.29, 0.717) is 21.6 Å². The fraction of sp³-hybridized carbons (Fsp3) is 0.0952. The van der Waals surface area contributed by atoms with Gasteiger partial charge in [0, 0.05) is 22.0 Å². The van der Waals surface area contributed by atoms with E-state index < -0.39 is 17.3 Å². The van der Waals surface area contributed by atoms with E-state index in [1.165, 1.54) is 30.8 Å². The molecule has 0 saturated carbocycles. The van der Waals surface area contributed by atoms with Crippen LogP contribution in [0.1, 0.15) is 10.4 Å². The van der Waals surface area contributed by atoms with Crippen molar-refractivity contribution >= 4 is 34.1 Å². The molecule has 0 aliphatic rings. The van der Waals surface area contributed by atoms with Crippen molar-refractivity contribution in [1.82, 2.24) is 9.38 Å². The maximum absolute atomic E-state index is 14.5. The van der Waals surface area contributed by atoms with Crippen LogP contribution in [0.3, 0.4) is 0 Å². The van der Waals surface area contributed by atoms with Crippen LogP contribution in [0.5, 0.6) is 5.75 Å². The Labute approximate surface area is 169 Å². The van der Waals surface area contributed by atoms with Gasteiger partial charge in [0.25, 0.3) is 5.56 Å². The van der Waals surface area contributed by atoms with Crippen LogP contribution in [0.2, 0.25) is 5.02 Å². The minimum Gasteiger partial charge on any atom is -0.495 e. The molecule has 2 heterocycles. The summed E-state index contributed by atoms with van der Waals surface area (Å²) in [7, 11) is 2.50. The normalized spacial score (nSPS) is 11.0. The molecular weight excluding hydrogens is 399 g/mol. The number of rotatable bonds is 3. The lowest BCUT2D eigenvalue weighted by atomic mass is 10.1. The van der Waals surface area contributed by atoms with Gasteiger partial charge in [-0.1, -0.05) is 23.7 Å². The van der Waals surface area contributed by atoms with Crippen LogP contribution in [0.4, 0.5) is 4.39 Å². The first kappa shape index (κ1) is 18.9. The van der Waals surface area contributed by atoms with Crippen LogP contribution in [0.25, 0.3) is 27.8 Å². The summed E-state index contributed by atoms with van der Waals surface area (Å²) in [6.45, 7) is 0. The van der Waals surface area contributed by atoms with E-state index >= 15 is 0 Å². The third kappa shape index (κ3) is 3.00. The molecule has 0 atom stereocenters. The number of ether oxygens (including phenoxy) is 2. The second kappa shape index (κ2) is 7.18. The highest BCUT2D eigenvalue weighted by molar-refractivity contribution is 6.31. The smallest absolute Gasteiger partial charge is 0.347 e. The van der Waals surface area contributed by atoms with Gasteiger partial charge in [0.2, 0.25) is 0 Å². The lowest BCUT2D eigenvalue weighted by Gasteiger charge is -2.14. The average molecular weight is 413 g/mol. The minimum atomic E-state index is -0.832. The molecule has 0 spiro atoms. The Morgan fingerprint density at radius 1 is 1.14 bits per heavy atom. The van der Waals surface area contributed by atoms with E-state index in [4.69, 9.17) is 21.1 Å². The summed E-state index contributed by atoms with van der Waals surface area (Å²) in [4.78, 5) is 29.8. The van der Waals surface area contributed by atoms with Crippen molar-refractivity contribution in [3.05, 3.63) is 75.3 Å². The molecule has 146 valence electrons. The molecule has 6 nitrogen and oxygen atoms in total. The number of carbonyl (C=O) groups is 1. The summed E-state index contributed by atoms with van der Waals surface area (Å²) in [6, 6.07) is 12.4. The fourth-order valence-electron chi connectivity index (χ4n) is 3.27.